The minimum Gasteiger partial charge on any atom is -0.307 e. The molecular weight excluding hydrogens is 234 g/mol. The lowest BCUT2D eigenvalue weighted by Crippen LogP contribution is -2.40. The Morgan fingerprint density at radius 2 is 1.95 bits per heavy atom. The molecule has 1 aliphatic rings. The van der Waals surface area contributed by atoms with Crippen LogP contribution in [0.1, 0.15) is 50.5 Å². The first-order valence-corrected chi connectivity index (χ1v) is 7.66. The predicted octanol–water partition coefficient (Wildman–Crippen LogP) is 3.50. The van der Waals surface area contributed by atoms with Crippen LogP contribution in [0.2, 0.25) is 0 Å². The van der Waals surface area contributed by atoms with Crippen molar-refractivity contribution in [3.8, 4) is 0 Å². The monoisotopic (exact) mass is 259 g/mol. The molecule has 1 aromatic rings. The number of piperidine rings is 1. The Hall–Kier alpha value is -1.15. The van der Waals surface area contributed by atoms with E-state index in [1.165, 1.54) is 24.8 Å². The highest BCUT2D eigenvalue weighted by Gasteiger charge is 2.19. The van der Waals surface area contributed by atoms with Crippen molar-refractivity contribution in [3.05, 3.63) is 35.9 Å². The van der Waals surface area contributed by atoms with E-state index in [0.717, 1.165) is 38.6 Å². The first-order chi connectivity index (χ1) is 9.36. The van der Waals surface area contributed by atoms with Gasteiger partial charge in [-0.25, -0.2) is 0 Å². The van der Waals surface area contributed by atoms with Crippen LogP contribution in [-0.4, -0.2) is 18.4 Å². The Bertz CT molecular complexity index is 368. The Morgan fingerprint density at radius 3 is 2.68 bits per heavy atom. The second-order valence-corrected chi connectivity index (χ2v) is 5.52. The lowest BCUT2D eigenvalue weighted by Gasteiger charge is -2.22. The summed E-state index contributed by atoms with van der Waals surface area (Å²) in [6, 6.07) is 10.7. The predicted molar refractivity (Wildman–Crippen MR) is 79.3 cm³/mol. The van der Waals surface area contributed by atoms with Gasteiger partial charge in [0.15, 0.2) is 0 Å². The number of benzene rings is 1. The molecule has 0 aromatic heterocycles. The highest BCUT2D eigenvalue weighted by Crippen LogP contribution is 2.12. The SMILES string of the molecule is O=C(CCCCCc1ccccc1)[C@@H]1CCCCN1. The molecule has 1 atom stereocenters. The molecule has 0 saturated carbocycles. The minimum absolute atomic E-state index is 0.155. The van der Waals surface area contributed by atoms with E-state index in [4.69, 9.17) is 0 Å². The van der Waals surface area contributed by atoms with E-state index in [1.807, 2.05) is 0 Å². The number of ketones is 1. The fourth-order valence-corrected chi connectivity index (χ4v) is 2.75. The molecule has 1 saturated heterocycles. The van der Waals surface area contributed by atoms with E-state index in [9.17, 15) is 4.79 Å². The Labute approximate surface area is 116 Å². The van der Waals surface area contributed by atoms with Crippen molar-refractivity contribution >= 4 is 5.78 Å². The Morgan fingerprint density at radius 1 is 1.11 bits per heavy atom. The molecule has 0 aliphatic carbocycles. The second kappa shape index (κ2) is 8.11. The summed E-state index contributed by atoms with van der Waals surface area (Å²) in [4.78, 5) is 12.0. The van der Waals surface area contributed by atoms with Crippen molar-refractivity contribution in [1.29, 1.82) is 0 Å². The fourth-order valence-electron chi connectivity index (χ4n) is 2.75. The van der Waals surface area contributed by atoms with E-state index >= 15 is 0 Å². The van der Waals surface area contributed by atoms with Gasteiger partial charge in [-0.05, 0) is 44.2 Å². The molecular formula is C17H25NO. The number of carbonyl (C=O) groups is 1. The summed E-state index contributed by atoms with van der Waals surface area (Å²) in [5.41, 5.74) is 1.41. The van der Waals surface area contributed by atoms with E-state index in [1.54, 1.807) is 0 Å². The van der Waals surface area contributed by atoms with E-state index in [0.29, 0.717) is 5.78 Å². The van der Waals surface area contributed by atoms with Crippen LogP contribution in [0.3, 0.4) is 0 Å². The largest absolute Gasteiger partial charge is 0.307 e. The molecule has 1 N–H and O–H groups in total. The lowest BCUT2D eigenvalue weighted by atomic mass is 9.97. The van der Waals surface area contributed by atoms with Gasteiger partial charge in [-0.1, -0.05) is 43.2 Å². The zero-order valence-electron chi connectivity index (χ0n) is 11.7. The zero-order chi connectivity index (χ0) is 13.3. The van der Waals surface area contributed by atoms with Crippen LogP contribution in [0.15, 0.2) is 30.3 Å². The quantitative estimate of drug-likeness (QED) is 0.759. The van der Waals surface area contributed by atoms with Crippen molar-refractivity contribution < 1.29 is 4.79 Å². The van der Waals surface area contributed by atoms with Gasteiger partial charge in [0, 0.05) is 6.42 Å². The average Bonchev–Trinajstić information content (AvgIpc) is 2.49. The molecule has 2 rings (SSSR count). The smallest absolute Gasteiger partial charge is 0.149 e. The van der Waals surface area contributed by atoms with Crippen molar-refractivity contribution in [2.24, 2.45) is 0 Å². The summed E-state index contributed by atoms with van der Waals surface area (Å²) in [7, 11) is 0. The number of Topliss-reactive ketones (excluding diaryl/α,β-unsaturated/α-hetero) is 1. The van der Waals surface area contributed by atoms with Crippen molar-refractivity contribution in [2.75, 3.05) is 6.54 Å². The van der Waals surface area contributed by atoms with Crippen LogP contribution < -0.4 is 5.32 Å². The molecule has 0 amide bonds. The lowest BCUT2D eigenvalue weighted by molar-refractivity contribution is -0.121. The third-order valence-corrected chi connectivity index (χ3v) is 3.93. The molecule has 0 spiro atoms. The third-order valence-electron chi connectivity index (χ3n) is 3.93. The van der Waals surface area contributed by atoms with E-state index in [-0.39, 0.29) is 6.04 Å². The summed E-state index contributed by atoms with van der Waals surface area (Å²) in [6.07, 6.45) is 8.76. The summed E-state index contributed by atoms with van der Waals surface area (Å²) in [5, 5.41) is 3.34. The Kier molecular flexibility index (Phi) is 6.09. The maximum absolute atomic E-state index is 12.0. The standard InChI is InChI=1S/C17H25NO/c19-17(16-12-7-8-14-18-16)13-6-2-5-11-15-9-3-1-4-10-15/h1,3-4,9-10,16,18H,2,5-8,11-14H2/t16-/m0/s1. The molecule has 1 aromatic carbocycles. The highest BCUT2D eigenvalue weighted by atomic mass is 16.1. The summed E-state index contributed by atoms with van der Waals surface area (Å²) in [5.74, 6) is 0.430. The molecule has 19 heavy (non-hydrogen) atoms. The number of aryl methyl sites for hydroxylation is 1. The van der Waals surface area contributed by atoms with Gasteiger partial charge in [-0.15, -0.1) is 0 Å². The number of nitrogens with one attached hydrogen (secondary N) is 1. The molecule has 0 radical (unpaired) electrons. The van der Waals surface area contributed by atoms with Gasteiger partial charge in [0.25, 0.3) is 0 Å². The normalized spacial score (nSPS) is 19.3. The molecule has 1 fully saturated rings. The van der Waals surface area contributed by atoms with Gasteiger partial charge >= 0.3 is 0 Å². The van der Waals surface area contributed by atoms with E-state index in [2.05, 4.69) is 35.6 Å². The van der Waals surface area contributed by atoms with Crippen LogP contribution in [0, 0.1) is 0 Å². The van der Waals surface area contributed by atoms with Crippen molar-refractivity contribution in [1.82, 2.24) is 5.32 Å². The zero-order valence-corrected chi connectivity index (χ0v) is 11.7. The molecule has 2 nitrogen and oxygen atoms in total. The van der Waals surface area contributed by atoms with Crippen molar-refractivity contribution in [2.45, 2.75) is 57.4 Å². The molecule has 0 unspecified atom stereocenters. The van der Waals surface area contributed by atoms with Gasteiger partial charge < -0.3 is 5.32 Å². The summed E-state index contributed by atoms with van der Waals surface area (Å²) < 4.78 is 0. The summed E-state index contributed by atoms with van der Waals surface area (Å²) >= 11 is 0. The minimum atomic E-state index is 0.155. The molecule has 1 aliphatic heterocycles. The number of hydrogen-bond acceptors (Lipinski definition) is 2. The summed E-state index contributed by atoms with van der Waals surface area (Å²) in [6.45, 7) is 1.02. The maximum Gasteiger partial charge on any atom is 0.149 e. The van der Waals surface area contributed by atoms with Gasteiger partial charge in [0.2, 0.25) is 0 Å². The van der Waals surface area contributed by atoms with Crippen LogP contribution in [-0.2, 0) is 11.2 Å². The Balaban J connectivity index is 1.55. The highest BCUT2D eigenvalue weighted by molar-refractivity contribution is 5.84. The molecule has 2 heteroatoms. The van der Waals surface area contributed by atoms with Gasteiger partial charge in [0.1, 0.15) is 5.78 Å². The molecule has 1 heterocycles. The number of hydrogen-bond donors (Lipinski definition) is 1. The van der Waals surface area contributed by atoms with Gasteiger partial charge in [-0.3, -0.25) is 4.79 Å². The molecule has 0 bridgehead atoms. The molecule has 104 valence electrons. The average molecular weight is 259 g/mol. The van der Waals surface area contributed by atoms with Gasteiger partial charge in [0.05, 0.1) is 6.04 Å². The van der Waals surface area contributed by atoms with Crippen LogP contribution in [0.5, 0.6) is 0 Å². The first kappa shape index (κ1) is 14.3. The van der Waals surface area contributed by atoms with Crippen LogP contribution in [0.4, 0.5) is 0 Å². The third kappa shape index (κ3) is 5.15. The maximum atomic E-state index is 12.0. The first-order valence-electron chi connectivity index (χ1n) is 7.66. The number of unbranched alkanes of at least 4 members (excludes halogenated alkanes) is 2. The fraction of sp³-hybridized carbons (Fsp3) is 0.588. The second-order valence-electron chi connectivity index (χ2n) is 5.52. The van der Waals surface area contributed by atoms with Crippen LogP contribution in [0.25, 0.3) is 0 Å². The van der Waals surface area contributed by atoms with Crippen LogP contribution >= 0.6 is 0 Å². The number of carbonyl (C=O) groups excluding carboxylic acids is 1. The van der Waals surface area contributed by atoms with E-state index < -0.39 is 0 Å². The number of rotatable bonds is 7. The topological polar surface area (TPSA) is 29.1 Å². The van der Waals surface area contributed by atoms with Crippen molar-refractivity contribution in [3.63, 3.8) is 0 Å². The van der Waals surface area contributed by atoms with Gasteiger partial charge in [-0.2, -0.15) is 0 Å².